The molecule has 0 saturated carbocycles. The van der Waals surface area contributed by atoms with E-state index < -0.39 is 0 Å². The van der Waals surface area contributed by atoms with Crippen LogP contribution >= 0.6 is 11.8 Å². The van der Waals surface area contributed by atoms with Crippen LogP contribution in [-0.4, -0.2) is 85.3 Å². The molecule has 0 aromatic rings. The van der Waals surface area contributed by atoms with E-state index in [4.69, 9.17) is 0 Å². The highest BCUT2D eigenvalue weighted by atomic mass is 32.2. The number of hydrogen-bond donors (Lipinski definition) is 2. The van der Waals surface area contributed by atoms with E-state index in [1.54, 1.807) is 11.8 Å². The van der Waals surface area contributed by atoms with Crippen molar-refractivity contribution in [1.82, 2.24) is 20.4 Å². The Hall–Kier alpha value is -1.77. The Bertz CT molecular complexity index is 481. The van der Waals surface area contributed by atoms with Gasteiger partial charge in [-0.1, -0.05) is 19.2 Å². The van der Waals surface area contributed by atoms with Gasteiger partial charge in [0, 0.05) is 40.2 Å². The summed E-state index contributed by atoms with van der Waals surface area (Å²) in [5.74, 6) is 0.889. The summed E-state index contributed by atoms with van der Waals surface area (Å²) >= 11 is 1.72. The molecule has 0 atom stereocenters. The van der Waals surface area contributed by atoms with Gasteiger partial charge in [-0.3, -0.25) is 19.7 Å². The number of aliphatic imine (C=N–C) groups is 2. The van der Waals surface area contributed by atoms with E-state index in [2.05, 4.69) is 38.8 Å². The van der Waals surface area contributed by atoms with Crippen LogP contribution in [0.4, 0.5) is 4.79 Å². The van der Waals surface area contributed by atoms with E-state index in [-0.39, 0.29) is 19.4 Å². The summed E-state index contributed by atoms with van der Waals surface area (Å²) in [4.78, 5) is 32.8. The number of rotatable bonds is 0. The van der Waals surface area contributed by atoms with E-state index in [0.717, 1.165) is 32.0 Å². The number of amides is 3. The highest BCUT2D eigenvalue weighted by Crippen LogP contribution is 2.07. The number of thioether (sulfide) groups is 1. The average Bonchev–Trinajstić information content (AvgIpc) is 3.23. The molecule has 0 radical (unpaired) electrons. The molecule has 0 bridgehead atoms. The molecule has 24 heavy (non-hydrogen) atoms. The standard InChI is InChI=1S/C5H8N2O2.C5H10N2S.C4H8N2.CH4/c1-4(8)7-3-2-6-5(7)9;1-7-4-3-6-5(7)8-2;1-4-5-2-3-6-4;/h2-3H2,1H3,(H,6,9);3-4H2,1-2H3;2-3H2,1H3,(H,5,6);1H4. The molecule has 2 N–H and O–H groups in total. The van der Waals surface area contributed by atoms with E-state index in [1.165, 1.54) is 17.0 Å². The van der Waals surface area contributed by atoms with Crippen LogP contribution in [0.5, 0.6) is 0 Å². The summed E-state index contributed by atoms with van der Waals surface area (Å²) in [5, 5.41) is 6.76. The third kappa shape index (κ3) is 7.67. The van der Waals surface area contributed by atoms with Crippen LogP contribution in [0.3, 0.4) is 0 Å². The van der Waals surface area contributed by atoms with Crippen molar-refractivity contribution in [3.8, 4) is 0 Å². The number of urea groups is 1. The average molecular weight is 359 g/mol. The fourth-order valence-electron chi connectivity index (χ4n) is 2.02. The van der Waals surface area contributed by atoms with Crippen molar-refractivity contribution >= 4 is 34.7 Å². The molecule has 3 aliphatic heterocycles. The summed E-state index contributed by atoms with van der Waals surface area (Å²) in [6, 6.07) is -0.275. The molecule has 9 heteroatoms. The highest BCUT2D eigenvalue weighted by molar-refractivity contribution is 8.13. The topological polar surface area (TPSA) is 89.4 Å². The van der Waals surface area contributed by atoms with Crippen molar-refractivity contribution in [3.05, 3.63) is 0 Å². The number of carbonyl (C=O) groups is 2. The van der Waals surface area contributed by atoms with Crippen LogP contribution in [-0.2, 0) is 4.79 Å². The zero-order chi connectivity index (χ0) is 17.2. The minimum Gasteiger partial charge on any atom is -0.372 e. The molecule has 3 rings (SSSR count). The number of likely N-dealkylation sites (N-methyl/N-ethyl adjacent to an activating group) is 1. The van der Waals surface area contributed by atoms with Crippen molar-refractivity contribution in [1.29, 1.82) is 0 Å². The number of amidine groups is 2. The maximum Gasteiger partial charge on any atom is 0.324 e. The third-order valence-electron chi connectivity index (χ3n) is 3.27. The number of nitrogens with one attached hydrogen (secondary N) is 2. The van der Waals surface area contributed by atoms with Crippen LogP contribution < -0.4 is 10.6 Å². The number of imide groups is 1. The molecular weight excluding hydrogens is 328 g/mol. The van der Waals surface area contributed by atoms with Crippen molar-refractivity contribution < 1.29 is 9.59 Å². The van der Waals surface area contributed by atoms with E-state index in [1.807, 2.05) is 6.92 Å². The quantitative estimate of drug-likeness (QED) is 0.670. The van der Waals surface area contributed by atoms with E-state index in [9.17, 15) is 9.59 Å². The number of hydrogen-bond acceptors (Lipinski definition) is 7. The maximum absolute atomic E-state index is 10.6. The van der Waals surface area contributed by atoms with Gasteiger partial charge in [0.2, 0.25) is 5.91 Å². The van der Waals surface area contributed by atoms with Gasteiger partial charge in [-0.2, -0.15) is 0 Å². The molecule has 1 fully saturated rings. The predicted molar refractivity (Wildman–Crippen MR) is 102 cm³/mol. The Morgan fingerprint density at radius 3 is 2.08 bits per heavy atom. The summed E-state index contributed by atoms with van der Waals surface area (Å²) < 4.78 is 0. The first-order chi connectivity index (χ1) is 11.0. The van der Waals surface area contributed by atoms with Gasteiger partial charge in [0.25, 0.3) is 0 Å². The lowest BCUT2D eigenvalue weighted by Crippen LogP contribution is -2.31. The summed E-state index contributed by atoms with van der Waals surface area (Å²) in [6.07, 6.45) is 2.06. The molecular formula is C15H30N6O2S. The highest BCUT2D eigenvalue weighted by Gasteiger charge is 2.22. The zero-order valence-electron chi connectivity index (χ0n) is 14.3. The molecule has 0 unspecified atom stereocenters. The van der Waals surface area contributed by atoms with Crippen molar-refractivity contribution in [2.45, 2.75) is 21.3 Å². The largest absolute Gasteiger partial charge is 0.372 e. The van der Waals surface area contributed by atoms with Gasteiger partial charge < -0.3 is 15.5 Å². The fourth-order valence-corrected chi connectivity index (χ4v) is 2.64. The molecule has 0 spiro atoms. The normalized spacial score (nSPS) is 18.1. The molecule has 1 saturated heterocycles. The molecule has 0 aromatic heterocycles. The van der Waals surface area contributed by atoms with Gasteiger partial charge in [0.1, 0.15) is 0 Å². The lowest BCUT2D eigenvalue weighted by Gasteiger charge is -2.09. The number of carbonyl (C=O) groups excluding carboxylic acids is 2. The van der Waals surface area contributed by atoms with Crippen LogP contribution in [0.2, 0.25) is 0 Å². The Kier molecular flexibility index (Phi) is 10.9. The molecule has 3 aliphatic rings. The fraction of sp³-hybridized carbons (Fsp3) is 0.733. The third-order valence-corrected chi connectivity index (χ3v) is 4.08. The molecule has 3 amide bonds. The smallest absolute Gasteiger partial charge is 0.324 e. The minimum atomic E-state index is -0.275. The lowest BCUT2D eigenvalue weighted by molar-refractivity contribution is -0.125. The van der Waals surface area contributed by atoms with E-state index in [0.29, 0.717) is 13.1 Å². The SMILES string of the molecule is C.CC(=O)N1CCNC1=O.CC1=NCCN1.CSC1=NCCN1C. The maximum atomic E-state index is 10.6. The molecule has 138 valence electrons. The Balaban J connectivity index is 0.000000330. The Labute approximate surface area is 149 Å². The zero-order valence-corrected chi connectivity index (χ0v) is 15.1. The second-order valence-electron chi connectivity index (χ2n) is 5.09. The summed E-state index contributed by atoms with van der Waals surface area (Å²) in [7, 11) is 2.07. The van der Waals surface area contributed by atoms with Crippen molar-refractivity contribution in [2.75, 3.05) is 52.6 Å². The van der Waals surface area contributed by atoms with Crippen LogP contribution in [0.1, 0.15) is 21.3 Å². The second kappa shape index (κ2) is 11.7. The predicted octanol–water partition coefficient (Wildman–Crippen LogP) is 0.853. The first-order valence-electron chi connectivity index (χ1n) is 7.56. The van der Waals surface area contributed by atoms with Crippen LogP contribution in [0.15, 0.2) is 9.98 Å². The first-order valence-corrected chi connectivity index (χ1v) is 8.78. The van der Waals surface area contributed by atoms with Gasteiger partial charge in [0.05, 0.1) is 18.9 Å². The monoisotopic (exact) mass is 358 g/mol. The van der Waals surface area contributed by atoms with Gasteiger partial charge >= 0.3 is 6.03 Å². The molecule has 3 heterocycles. The molecule has 8 nitrogen and oxygen atoms in total. The second-order valence-corrected chi connectivity index (χ2v) is 5.86. The molecule has 0 aromatic carbocycles. The van der Waals surface area contributed by atoms with E-state index >= 15 is 0 Å². The van der Waals surface area contributed by atoms with Gasteiger partial charge in [-0.25, -0.2) is 4.79 Å². The van der Waals surface area contributed by atoms with Gasteiger partial charge in [0.15, 0.2) is 5.17 Å². The van der Waals surface area contributed by atoms with Crippen molar-refractivity contribution in [2.24, 2.45) is 9.98 Å². The Morgan fingerprint density at radius 1 is 1.17 bits per heavy atom. The number of nitrogens with zero attached hydrogens (tertiary/aromatic N) is 4. The van der Waals surface area contributed by atoms with Crippen LogP contribution in [0.25, 0.3) is 0 Å². The lowest BCUT2D eigenvalue weighted by atomic mass is 10.5. The van der Waals surface area contributed by atoms with Gasteiger partial charge in [-0.05, 0) is 13.2 Å². The molecule has 0 aliphatic carbocycles. The van der Waals surface area contributed by atoms with Gasteiger partial charge in [-0.15, -0.1) is 0 Å². The first kappa shape index (κ1) is 22.2. The van der Waals surface area contributed by atoms with Crippen LogP contribution in [0, 0.1) is 0 Å². The minimum absolute atomic E-state index is 0. The Morgan fingerprint density at radius 2 is 1.88 bits per heavy atom. The van der Waals surface area contributed by atoms with Crippen molar-refractivity contribution in [3.63, 3.8) is 0 Å². The summed E-state index contributed by atoms with van der Waals surface area (Å²) in [5.41, 5.74) is 0. The summed E-state index contributed by atoms with van der Waals surface area (Å²) in [6.45, 7) is 8.52.